The second-order valence-electron chi connectivity index (χ2n) is 5.62. The molecular formula is C18H22N2O5S. The number of aromatic hydroxyl groups is 1. The van der Waals surface area contributed by atoms with Gasteiger partial charge in [0.05, 0.1) is 23.8 Å². The van der Waals surface area contributed by atoms with Crippen molar-refractivity contribution in [3.63, 3.8) is 0 Å². The Hall–Kier alpha value is -2.74. The average molecular weight is 378 g/mol. The summed E-state index contributed by atoms with van der Waals surface area (Å²) in [5.41, 5.74) is 0.333. The van der Waals surface area contributed by atoms with Crippen molar-refractivity contribution in [3.05, 3.63) is 48.0 Å². The van der Waals surface area contributed by atoms with Crippen molar-refractivity contribution < 1.29 is 23.0 Å². The van der Waals surface area contributed by atoms with Crippen LogP contribution in [0.3, 0.4) is 0 Å². The molecule has 2 rings (SSSR count). The van der Waals surface area contributed by atoms with Crippen molar-refractivity contribution in [2.45, 2.75) is 31.8 Å². The van der Waals surface area contributed by atoms with Crippen molar-refractivity contribution in [1.82, 2.24) is 4.83 Å². The van der Waals surface area contributed by atoms with Gasteiger partial charge < -0.3 is 14.6 Å². The van der Waals surface area contributed by atoms with E-state index in [4.69, 9.17) is 9.47 Å². The van der Waals surface area contributed by atoms with Gasteiger partial charge in [0.25, 0.3) is 10.0 Å². The topological polar surface area (TPSA) is 97.2 Å². The number of benzene rings is 2. The van der Waals surface area contributed by atoms with Crippen LogP contribution in [-0.2, 0) is 10.0 Å². The van der Waals surface area contributed by atoms with Crippen molar-refractivity contribution in [1.29, 1.82) is 0 Å². The lowest BCUT2D eigenvalue weighted by atomic mass is 10.2. The van der Waals surface area contributed by atoms with Gasteiger partial charge in [-0.3, -0.25) is 0 Å². The number of rotatable bonds is 8. The molecule has 7 nitrogen and oxygen atoms in total. The molecule has 0 saturated heterocycles. The number of para-hydroxylation sites is 1. The quantitative estimate of drug-likeness (QED) is 0.544. The van der Waals surface area contributed by atoms with Gasteiger partial charge in [0.1, 0.15) is 5.75 Å². The highest BCUT2D eigenvalue weighted by Gasteiger charge is 2.13. The van der Waals surface area contributed by atoms with Crippen LogP contribution in [0.4, 0.5) is 0 Å². The Balaban J connectivity index is 2.10. The number of ether oxygens (including phenoxy) is 2. The molecule has 0 bridgehead atoms. The molecule has 0 aliphatic rings. The zero-order valence-corrected chi connectivity index (χ0v) is 15.7. The fourth-order valence-electron chi connectivity index (χ4n) is 2.10. The molecular weight excluding hydrogens is 356 g/mol. The first-order valence-corrected chi connectivity index (χ1v) is 9.58. The van der Waals surface area contributed by atoms with E-state index in [1.54, 1.807) is 37.3 Å². The molecule has 0 atom stereocenters. The smallest absolute Gasteiger partial charge is 0.276 e. The molecule has 0 aromatic heterocycles. The van der Waals surface area contributed by atoms with Gasteiger partial charge in [-0.2, -0.15) is 13.5 Å². The fraction of sp³-hybridized carbons (Fsp3) is 0.278. The van der Waals surface area contributed by atoms with Gasteiger partial charge in [0, 0.05) is 5.56 Å². The normalized spacial score (nSPS) is 11.7. The summed E-state index contributed by atoms with van der Waals surface area (Å²) in [6.45, 7) is 5.97. The highest BCUT2D eigenvalue weighted by molar-refractivity contribution is 7.89. The number of phenols is 1. The first-order valence-electron chi connectivity index (χ1n) is 8.10. The van der Waals surface area contributed by atoms with Crippen LogP contribution in [0.2, 0.25) is 0 Å². The predicted molar refractivity (Wildman–Crippen MR) is 99.4 cm³/mol. The lowest BCUT2D eigenvalue weighted by molar-refractivity contribution is 0.242. The molecule has 0 aliphatic heterocycles. The van der Waals surface area contributed by atoms with Gasteiger partial charge in [-0.15, -0.1) is 0 Å². The molecule has 0 unspecified atom stereocenters. The van der Waals surface area contributed by atoms with Crippen molar-refractivity contribution in [2.75, 3.05) is 6.61 Å². The maximum absolute atomic E-state index is 12.3. The molecule has 2 N–H and O–H groups in total. The molecule has 2 aromatic carbocycles. The van der Waals surface area contributed by atoms with Crippen LogP contribution in [0.25, 0.3) is 0 Å². The number of hydrogen-bond acceptors (Lipinski definition) is 6. The maximum Gasteiger partial charge on any atom is 0.276 e. The maximum atomic E-state index is 12.3. The lowest BCUT2D eigenvalue weighted by Gasteiger charge is -2.10. The summed E-state index contributed by atoms with van der Waals surface area (Å²) in [7, 11) is -3.83. The Morgan fingerprint density at radius 2 is 1.88 bits per heavy atom. The Kier molecular flexibility index (Phi) is 6.46. The molecule has 0 fully saturated rings. The number of phenolic OH excluding ortho intramolecular Hbond substituents is 1. The second-order valence-corrected chi connectivity index (χ2v) is 7.28. The van der Waals surface area contributed by atoms with Gasteiger partial charge in [0.15, 0.2) is 11.5 Å². The van der Waals surface area contributed by atoms with E-state index in [0.29, 0.717) is 23.7 Å². The minimum Gasteiger partial charge on any atom is -0.504 e. The molecule has 2 aromatic rings. The molecule has 140 valence electrons. The monoisotopic (exact) mass is 378 g/mol. The minimum atomic E-state index is -3.83. The van der Waals surface area contributed by atoms with E-state index >= 15 is 0 Å². The molecule has 8 heteroatoms. The van der Waals surface area contributed by atoms with E-state index in [2.05, 4.69) is 9.93 Å². The summed E-state index contributed by atoms with van der Waals surface area (Å²) in [5, 5.41) is 13.8. The van der Waals surface area contributed by atoms with Gasteiger partial charge in [0.2, 0.25) is 0 Å². The molecule has 0 amide bonds. The van der Waals surface area contributed by atoms with Gasteiger partial charge >= 0.3 is 0 Å². The fourth-order valence-corrected chi connectivity index (χ4v) is 2.89. The number of sulfonamides is 1. The second kappa shape index (κ2) is 8.57. The Bertz CT molecular complexity index is 862. The van der Waals surface area contributed by atoms with Crippen LogP contribution in [0.1, 0.15) is 26.3 Å². The third kappa shape index (κ3) is 5.13. The summed E-state index contributed by atoms with van der Waals surface area (Å²) >= 11 is 0. The lowest BCUT2D eigenvalue weighted by Crippen LogP contribution is -2.18. The SMILES string of the molecule is CCOc1cccc(/C=N/NS(=O)(=O)c2ccc(OC(C)C)cc2)c1O. The molecule has 0 saturated carbocycles. The van der Waals surface area contributed by atoms with E-state index in [1.807, 2.05) is 13.8 Å². The van der Waals surface area contributed by atoms with Crippen LogP contribution >= 0.6 is 0 Å². The standard InChI is InChI=1S/C18H22N2O5S/c1-4-24-17-7-5-6-14(18(17)21)12-19-20-26(22,23)16-10-8-15(9-11-16)25-13(2)3/h5-13,20-21H,4H2,1-3H3/b19-12+. The summed E-state index contributed by atoms with van der Waals surface area (Å²) in [5.74, 6) is 0.785. The number of nitrogens with one attached hydrogen (secondary N) is 1. The summed E-state index contributed by atoms with van der Waals surface area (Å²) in [6, 6.07) is 10.9. The van der Waals surface area contributed by atoms with E-state index in [9.17, 15) is 13.5 Å². The van der Waals surface area contributed by atoms with Gasteiger partial charge in [-0.25, -0.2) is 4.83 Å². The zero-order valence-electron chi connectivity index (χ0n) is 14.8. The van der Waals surface area contributed by atoms with E-state index in [1.165, 1.54) is 18.3 Å². The van der Waals surface area contributed by atoms with Crippen molar-refractivity contribution >= 4 is 16.2 Å². The molecule has 26 heavy (non-hydrogen) atoms. The van der Waals surface area contributed by atoms with E-state index in [0.717, 1.165) is 0 Å². The van der Waals surface area contributed by atoms with Gasteiger partial charge in [-0.1, -0.05) is 6.07 Å². The predicted octanol–water partition coefficient (Wildman–Crippen LogP) is 2.89. The van der Waals surface area contributed by atoms with E-state index < -0.39 is 10.0 Å². The van der Waals surface area contributed by atoms with Gasteiger partial charge in [-0.05, 0) is 57.2 Å². The van der Waals surface area contributed by atoms with Crippen LogP contribution in [0, 0.1) is 0 Å². The van der Waals surface area contributed by atoms with Crippen LogP contribution in [-0.4, -0.2) is 32.4 Å². The number of hydrazone groups is 1. The third-order valence-corrected chi connectivity index (χ3v) is 4.45. The highest BCUT2D eigenvalue weighted by Crippen LogP contribution is 2.28. The van der Waals surface area contributed by atoms with Crippen LogP contribution < -0.4 is 14.3 Å². The number of hydrogen-bond donors (Lipinski definition) is 2. The average Bonchev–Trinajstić information content (AvgIpc) is 2.58. The Morgan fingerprint density at radius 1 is 1.19 bits per heavy atom. The molecule has 0 aliphatic carbocycles. The van der Waals surface area contributed by atoms with Crippen molar-refractivity contribution in [3.8, 4) is 17.2 Å². The summed E-state index contributed by atoms with van der Waals surface area (Å²) in [6.07, 6.45) is 1.21. The Labute approximate surface area is 153 Å². The minimum absolute atomic E-state index is 0.000288. The first kappa shape index (κ1) is 19.6. The van der Waals surface area contributed by atoms with E-state index in [-0.39, 0.29) is 16.7 Å². The Morgan fingerprint density at radius 3 is 2.50 bits per heavy atom. The molecule has 0 radical (unpaired) electrons. The zero-order chi connectivity index (χ0) is 19.2. The number of nitrogens with zero attached hydrogens (tertiary/aromatic N) is 1. The summed E-state index contributed by atoms with van der Waals surface area (Å²) in [4.78, 5) is 2.17. The summed E-state index contributed by atoms with van der Waals surface area (Å²) < 4.78 is 35.3. The molecule has 0 spiro atoms. The third-order valence-electron chi connectivity index (χ3n) is 3.21. The molecule has 0 heterocycles. The highest BCUT2D eigenvalue weighted by atomic mass is 32.2. The van der Waals surface area contributed by atoms with Crippen LogP contribution in [0.5, 0.6) is 17.2 Å². The largest absolute Gasteiger partial charge is 0.504 e. The van der Waals surface area contributed by atoms with Crippen molar-refractivity contribution in [2.24, 2.45) is 5.10 Å². The van der Waals surface area contributed by atoms with Crippen LogP contribution in [0.15, 0.2) is 52.5 Å². The first-order chi connectivity index (χ1) is 12.3.